The molecule has 0 saturated carbocycles. The van der Waals surface area contributed by atoms with E-state index in [2.05, 4.69) is 22.8 Å². The van der Waals surface area contributed by atoms with Crippen LogP contribution in [0.1, 0.15) is 30.0 Å². The van der Waals surface area contributed by atoms with Crippen molar-refractivity contribution in [2.24, 2.45) is 0 Å². The summed E-state index contributed by atoms with van der Waals surface area (Å²) in [5.41, 5.74) is 3.22. The van der Waals surface area contributed by atoms with Crippen molar-refractivity contribution in [3.05, 3.63) is 59.7 Å². The Bertz CT molecular complexity index is 707. The highest BCUT2D eigenvalue weighted by Gasteiger charge is 2.27. The molecule has 1 heterocycles. The maximum Gasteiger partial charge on any atom is 0.319 e. The highest BCUT2D eigenvalue weighted by atomic mass is 16.5. The maximum absolute atomic E-state index is 12.3. The Labute approximate surface area is 155 Å². The molecule has 1 aliphatic rings. The predicted molar refractivity (Wildman–Crippen MR) is 104 cm³/mol. The highest BCUT2D eigenvalue weighted by molar-refractivity contribution is 5.89. The summed E-state index contributed by atoms with van der Waals surface area (Å²) in [6, 6.07) is 16.1. The van der Waals surface area contributed by atoms with Crippen LogP contribution in [0.25, 0.3) is 0 Å². The maximum atomic E-state index is 12.3. The van der Waals surface area contributed by atoms with Gasteiger partial charge in [-0.2, -0.15) is 0 Å². The molecule has 0 radical (unpaired) electrons. The van der Waals surface area contributed by atoms with Gasteiger partial charge in [-0.15, -0.1) is 0 Å². The number of methoxy groups -OCH3 is 1. The number of aryl methyl sites for hydroxylation is 1. The normalized spacial score (nSPS) is 15.5. The number of nitrogens with one attached hydrogen (secondary N) is 3. The molecule has 1 fully saturated rings. The van der Waals surface area contributed by atoms with Crippen LogP contribution in [-0.4, -0.2) is 32.8 Å². The van der Waals surface area contributed by atoms with Crippen molar-refractivity contribution >= 4 is 11.7 Å². The zero-order chi connectivity index (χ0) is 18.4. The number of quaternary nitrogens is 1. The van der Waals surface area contributed by atoms with E-state index < -0.39 is 0 Å². The van der Waals surface area contributed by atoms with E-state index in [1.54, 1.807) is 7.11 Å². The molecule has 5 heteroatoms. The van der Waals surface area contributed by atoms with E-state index in [0.29, 0.717) is 6.54 Å². The first-order valence-corrected chi connectivity index (χ1v) is 9.26. The van der Waals surface area contributed by atoms with E-state index in [1.807, 2.05) is 43.3 Å². The quantitative estimate of drug-likeness (QED) is 0.747. The minimum Gasteiger partial charge on any atom is -0.497 e. The third-order valence-corrected chi connectivity index (χ3v) is 5.03. The van der Waals surface area contributed by atoms with E-state index in [1.165, 1.54) is 28.9 Å². The van der Waals surface area contributed by atoms with Gasteiger partial charge in [0, 0.05) is 24.1 Å². The summed E-state index contributed by atoms with van der Waals surface area (Å²) >= 11 is 0. The number of hydrogen-bond donors (Lipinski definition) is 3. The molecular weight excluding hydrogens is 326 g/mol. The van der Waals surface area contributed by atoms with Gasteiger partial charge in [-0.25, -0.2) is 4.79 Å². The lowest BCUT2D eigenvalue weighted by Crippen LogP contribution is -3.11. The molecule has 2 aromatic carbocycles. The summed E-state index contributed by atoms with van der Waals surface area (Å²) in [7, 11) is 1.68. The second-order valence-corrected chi connectivity index (χ2v) is 6.89. The Morgan fingerprint density at radius 2 is 1.73 bits per heavy atom. The number of carbonyl (C=O) groups excluding carboxylic acids is 1. The van der Waals surface area contributed by atoms with Crippen LogP contribution in [0.5, 0.6) is 5.75 Å². The van der Waals surface area contributed by atoms with Crippen LogP contribution in [0, 0.1) is 6.92 Å². The Morgan fingerprint density at radius 3 is 2.35 bits per heavy atom. The van der Waals surface area contributed by atoms with Crippen LogP contribution in [0.4, 0.5) is 10.5 Å². The summed E-state index contributed by atoms with van der Waals surface area (Å²) in [4.78, 5) is 13.8. The van der Waals surface area contributed by atoms with Crippen LogP contribution in [-0.2, 0) is 0 Å². The zero-order valence-corrected chi connectivity index (χ0v) is 15.5. The van der Waals surface area contributed by atoms with Gasteiger partial charge in [0.15, 0.2) is 0 Å². The van der Waals surface area contributed by atoms with E-state index in [4.69, 9.17) is 4.74 Å². The van der Waals surface area contributed by atoms with Gasteiger partial charge in [-0.1, -0.05) is 17.7 Å². The number of rotatable bonds is 6. The second kappa shape index (κ2) is 8.72. The molecule has 138 valence electrons. The van der Waals surface area contributed by atoms with Crippen molar-refractivity contribution in [3.8, 4) is 5.75 Å². The summed E-state index contributed by atoms with van der Waals surface area (Å²) in [5.74, 6) is 0.856. The van der Waals surface area contributed by atoms with Crippen molar-refractivity contribution in [1.29, 1.82) is 0 Å². The lowest BCUT2D eigenvalue weighted by molar-refractivity contribution is -0.918. The number of benzene rings is 2. The molecular formula is C21H28N3O2+. The van der Waals surface area contributed by atoms with E-state index in [9.17, 15) is 4.79 Å². The number of likely N-dealkylation sites (tertiary alicyclic amines) is 1. The zero-order valence-electron chi connectivity index (χ0n) is 15.5. The van der Waals surface area contributed by atoms with Crippen molar-refractivity contribution in [2.45, 2.75) is 25.8 Å². The number of hydrogen-bond acceptors (Lipinski definition) is 2. The molecule has 0 aliphatic carbocycles. The Kier molecular flexibility index (Phi) is 6.12. The topological polar surface area (TPSA) is 54.8 Å². The van der Waals surface area contributed by atoms with Gasteiger partial charge in [0.25, 0.3) is 0 Å². The molecule has 0 spiro atoms. The molecule has 1 aliphatic heterocycles. The Balaban J connectivity index is 1.63. The average molecular weight is 354 g/mol. The Morgan fingerprint density at radius 1 is 1.08 bits per heavy atom. The van der Waals surface area contributed by atoms with Crippen molar-refractivity contribution in [2.75, 3.05) is 32.1 Å². The summed E-state index contributed by atoms with van der Waals surface area (Å²) in [6.45, 7) is 4.94. The molecule has 5 nitrogen and oxygen atoms in total. The van der Waals surface area contributed by atoms with Crippen LogP contribution >= 0.6 is 0 Å². The minimum atomic E-state index is -0.161. The fourth-order valence-corrected chi connectivity index (χ4v) is 3.52. The molecule has 1 saturated heterocycles. The van der Waals surface area contributed by atoms with Crippen LogP contribution < -0.4 is 20.3 Å². The van der Waals surface area contributed by atoms with Gasteiger partial charge in [-0.05, 0) is 43.3 Å². The third kappa shape index (κ3) is 4.76. The van der Waals surface area contributed by atoms with E-state index in [0.717, 1.165) is 24.5 Å². The van der Waals surface area contributed by atoms with E-state index >= 15 is 0 Å². The monoisotopic (exact) mass is 354 g/mol. The van der Waals surface area contributed by atoms with Crippen LogP contribution in [0.3, 0.4) is 0 Å². The number of ether oxygens (including phenoxy) is 1. The first-order valence-electron chi connectivity index (χ1n) is 9.26. The fraction of sp³-hybridized carbons (Fsp3) is 0.381. The predicted octanol–water partition coefficient (Wildman–Crippen LogP) is 2.55. The van der Waals surface area contributed by atoms with Gasteiger partial charge in [0.1, 0.15) is 11.8 Å². The lowest BCUT2D eigenvalue weighted by Gasteiger charge is -2.25. The molecule has 3 N–H and O–H groups in total. The smallest absolute Gasteiger partial charge is 0.319 e. The molecule has 0 bridgehead atoms. The molecule has 2 aromatic rings. The van der Waals surface area contributed by atoms with Crippen molar-refractivity contribution in [1.82, 2.24) is 5.32 Å². The number of amides is 2. The molecule has 3 rings (SSSR count). The SMILES string of the molecule is COc1ccc([C@@H](CNC(=O)Nc2ccc(C)cc2)[NH+]2CCCC2)cc1. The van der Waals surface area contributed by atoms with Gasteiger partial charge in [0.2, 0.25) is 0 Å². The summed E-state index contributed by atoms with van der Waals surface area (Å²) in [5, 5.41) is 5.95. The Hall–Kier alpha value is -2.53. The standard InChI is InChI=1S/C21H27N3O2/c1-16-5-9-18(10-6-16)23-21(25)22-15-20(24-13-3-4-14-24)17-7-11-19(26-2)12-8-17/h5-12,20H,3-4,13-15H2,1-2H3,(H2,22,23,25)/p+1/t20-/m1/s1. The molecule has 0 aromatic heterocycles. The summed E-state index contributed by atoms with van der Waals surface area (Å²) < 4.78 is 5.26. The first-order chi connectivity index (χ1) is 12.7. The highest BCUT2D eigenvalue weighted by Crippen LogP contribution is 2.16. The van der Waals surface area contributed by atoms with Crippen molar-refractivity contribution < 1.29 is 14.4 Å². The van der Waals surface area contributed by atoms with Crippen LogP contribution in [0.15, 0.2) is 48.5 Å². The average Bonchev–Trinajstić information content (AvgIpc) is 3.19. The van der Waals surface area contributed by atoms with E-state index in [-0.39, 0.29) is 12.1 Å². The summed E-state index contributed by atoms with van der Waals surface area (Å²) in [6.07, 6.45) is 2.50. The van der Waals surface area contributed by atoms with Gasteiger partial charge >= 0.3 is 6.03 Å². The fourth-order valence-electron chi connectivity index (χ4n) is 3.52. The van der Waals surface area contributed by atoms with Gasteiger partial charge in [0.05, 0.1) is 26.7 Å². The second-order valence-electron chi connectivity index (χ2n) is 6.89. The largest absolute Gasteiger partial charge is 0.497 e. The molecule has 0 unspecified atom stereocenters. The lowest BCUT2D eigenvalue weighted by atomic mass is 10.1. The molecule has 2 amide bonds. The third-order valence-electron chi connectivity index (χ3n) is 5.03. The van der Waals surface area contributed by atoms with Crippen molar-refractivity contribution in [3.63, 3.8) is 0 Å². The van der Waals surface area contributed by atoms with Crippen LogP contribution in [0.2, 0.25) is 0 Å². The minimum absolute atomic E-state index is 0.161. The van der Waals surface area contributed by atoms with Gasteiger partial charge in [-0.3, -0.25) is 0 Å². The van der Waals surface area contributed by atoms with Gasteiger partial charge < -0.3 is 20.3 Å². The number of urea groups is 1. The number of anilines is 1. The first kappa shape index (κ1) is 18.3. The molecule has 26 heavy (non-hydrogen) atoms. The molecule has 1 atom stereocenters. The number of carbonyl (C=O) groups is 1.